The molecule has 1 atom stereocenters. The number of benzene rings is 2. The van der Waals surface area contributed by atoms with Gasteiger partial charge in [-0.25, -0.2) is 4.79 Å². The number of hydrogen-bond donors (Lipinski definition) is 3. The first-order chi connectivity index (χ1) is 12.1. The number of nitrogens with two attached hydrogens (primary N) is 1. The molecule has 0 saturated carbocycles. The van der Waals surface area contributed by atoms with Gasteiger partial charge in [0.15, 0.2) is 0 Å². The molecule has 0 aromatic heterocycles. The first-order valence-corrected chi connectivity index (χ1v) is 9.19. The van der Waals surface area contributed by atoms with E-state index >= 15 is 0 Å². The van der Waals surface area contributed by atoms with Crippen molar-refractivity contribution in [3.8, 4) is 0 Å². The Labute approximate surface area is 152 Å². The van der Waals surface area contributed by atoms with Crippen molar-refractivity contribution in [2.75, 3.05) is 12.3 Å². The van der Waals surface area contributed by atoms with Gasteiger partial charge < -0.3 is 16.4 Å². The fourth-order valence-electron chi connectivity index (χ4n) is 2.34. The number of carbonyl (C=O) groups excluding carboxylic acids is 2. The molecule has 5 nitrogen and oxygen atoms in total. The Kier molecular flexibility index (Phi) is 7.85. The molecule has 0 saturated heterocycles. The molecule has 0 aliphatic rings. The summed E-state index contributed by atoms with van der Waals surface area (Å²) in [5, 5.41) is 5.39. The highest BCUT2D eigenvalue weighted by molar-refractivity contribution is 7.99. The lowest BCUT2D eigenvalue weighted by atomic mass is 10.1. The second-order valence-corrected chi connectivity index (χ2v) is 6.73. The summed E-state index contributed by atoms with van der Waals surface area (Å²) in [6.45, 7) is 0.560. The van der Waals surface area contributed by atoms with E-state index in [9.17, 15) is 9.59 Å². The first kappa shape index (κ1) is 18.9. The molecule has 132 valence electrons. The number of carbonyl (C=O) groups is 2. The number of urea groups is 1. The number of hydrogen-bond acceptors (Lipinski definition) is 3. The number of rotatable bonds is 9. The zero-order valence-corrected chi connectivity index (χ0v) is 14.8. The van der Waals surface area contributed by atoms with Crippen molar-refractivity contribution in [1.82, 2.24) is 10.6 Å². The SMILES string of the molecule is NC(=O)N[C@@H](Cc1ccccc1)C(=O)NCCCSc1ccccc1. The highest BCUT2D eigenvalue weighted by Gasteiger charge is 2.19. The minimum Gasteiger partial charge on any atom is -0.354 e. The maximum atomic E-state index is 12.3. The van der Waals surface area contributed by atoms with Gasteiger partial charge in [-0.1, -0.05) is 48.5 Å². The number of thioether (sulfide) groups is 1. The predicted molar refractivity (Wildman–Crippen MR) is 101 cm³/mol. The van der Waals surface area contributed by atoms with Crippen LogP contribution in [0.4, 0.5) is 4.79 Å². The molecule has 2 aromatic carbocycles. The van der Waals surface area contributed by atoms with Crippen molar-refractivity contribution in [1.29, 1.82) is 0 Å². The lowest BCUT2D eigenvalue weighted by Gasteiger charge is -2.17. The van der Waals surface area contributed by atoms with Crippen LogP contribution < -0.4 is 16.4 Å². The van der Waals surface area contributed by atoms with E-state index < -0.39 is 12.1 Å². The standard InChI is InChI=1S/C19H23N3O2S/c20-19(24)22-17(14-15-8-3-1-4-9-15)18(23)21-12-7-13-25-16-10-5-2-6-11-16/h1-6,8-11,17H,7,12-14H2,(H,21,23)(H3,20,22,24)/t17-/m0/s1. The van der Waals surface area contributed by atoms with Crippen LogP contribution in [0, 0.1) is 0 Å². The van der Waals surface area contributed by atoms with E-state index in [4.69, 9.17) is 5.73 Å². The van der Waals surface area contributed by atoms with Crippen LogP contribution in [-0.4, -0.2) is 30.3 Å². The van der Waals surface area contributed by atoms with Gasteiger partial charge in [0.25, 0.3) is 0 Å². The van der Waals surface area contributed by atoms with Crippen molar-refractivity contribution in [3.63, 3.8) is 0 Å². The molecule has 0 aliphatic heterocycles. The van der Waals surface area contributed by atoms with Crippen LogP contribution in [0.5, 0.6) is 0 Å². The molecule has 0 bridgehead atoms. The molecule has 4 N–H and O–H groups in total. The average molecular weight is 357 g/mol. The van der Waals surface area contributed by atoms with E-state index in [1.165, 1.54) is 4.90 Å². The van der Waals surface area contributed by atoms with Crippen LogP contribution in [-0.2, 0) is 11.2 Å². The van der Waals surface area contributed by atoms with Gasteiger partial charge in [-0.15, -0.1) is 11.8 Å². The zero-order valence-electron chi connectivity index (χ0n) is 14.0. The van der Waals surface area contributed by atoms with E-state index in [2.05, 4.69) is 22.8 Å². The van der Waals surface area contributed by atoms with Crippen LogP contribution >= 0.6 is 11.8 Å². The highest BCUT2D eigenvalue weighted by atomic mass is 32.2. The average Bonchev–Trinajstić information content (AvgIpc) is 2.62. The fraction of sp³-hybridized carbons (Fsp3) is 0.263. The summed E-state index contributed by atoms with van der Waals surface area (Å²) < 4.78 is 0. The zero-order chi connectivity index (χ0) is 17.9. The lowest BCUT2D eigenvalue weighted by molar-refractivity contribution is -0.122. The lowest BCUT2D eigenvalue weighted by Crippen LogP contribution is -2.49. The van der Waals surface area contributed by atoms with Crippen LogP contribution in [0.25, 0.3) is 0 Å². The minimum absolute atomic E-state index is 0.215. The van der Waals surface area contributed by atoms with E-state index in [0.29, 0.717) is 13.0 Å². The van der Waals surface area contributed by atoms with Gasteiger partial charge in [-0.05, 0) is 29.9 Å². The molecule has 2 aromatic rings. The molecule has 2 rings (SSSR count). The summed E-state index contributed by atoms with van der Waals surface area (Å²) >= 11 is 1.75. The highest BCUT2D eigenvalue weighted by Crippen LogP contribution is 2.17. The molecule has 0 unspecified atom stereocenters. The smallest absolute Gasteiger partial charge is 0.312 e. The molecule has 25 heavy (non-hydrogen) atoms. The van der Waals surface area contributed by atoms with Crippen LogP contribution in [0.1, 0.15) is 12.0 Å². The van der Waals surface area contributed by atoms with E-state index in [-0.39, 0.29) is 5.91 Å². The molecular weight excluding hydrogens is 334 g/mol. The van der Waals surface area contributed by atoms with Crippen molar-refractivity contribution in [2.45, 2.75) is 23.8 Å². The van der Waals surface area contributed by atoms with Gasteiger partial charge in [0, 0.05) is 17.9 Å². The predicted octanol–water partition coefficient (Wildman–Crippen LogP) is 2.56. The normalized spacial score (nSPS) is 11.5. The summed E-state index contributed by atoms with van der Waals surface area (Å²) in [5.74, 6) is 0.698. The van der Waals surface area contributed by atoms with Crippen molar-refractivity contribution in [3.05, 3.63) is 66.2 Å². The van der Waals surface area contributed by atoms with E-state index in [1.807, 2.05) is 48.5 Å². The summed E-state index contributed by atoms with van der Waals surface area (Å²) in [4.78, 5) is 24.7. The summed E-state index contributed by atoms with van der Waals surface area (Å²) in [5.41, 5.74) is 6.16. The van der Waals surface area contributed by atoms with Gasteiger partial charge in [-0.3, -0.25) is 4.79 Å². The van der Waals surface area contributed by atoms with Crippen molar-refractivity contribution in [2.24, 2.45) is 5.73 Å². The Morgan fingerprint density at radius 2 is 1.64 bits per heavy atom. The van der Waals surface area contributed by atoms with Gasteiger partial charge in [0.05, 0.1) is 0 Å². The summed E-state index contributed by atoms with van der Waals surface area (Å²) in [6.07, 6.45) is 1.26. The topological polar surface area (TPSA) is 84.2 Å². The maximum Gasteiger partial charge on any atom is 0.312 e. The Bertz CT molecular complexity index is 665. The fourth-order valence-corrected chi connectivity index (χ4v) is 3.22. The molecule has 0 fully saturated rings. The monoisotopic (exact) mass is 357 g/mol. The number of amides is 3. The quantitative estimate of drug-likeness (QED) is 0.476. The number of nitrogens with one attached hydrogen (secondary N) is 2. The molecule has 0 radical (unpaired) electrons. The van der Waals surface area contributed by atoms with Gasteiger partial charge >= 0.3 is 6.03 Å². The molecule has 0 aliphatic carbocycles. The molecule has 3 amide bonds. The largest absolute Gasteiger partial charge is 0.354 e. The first-order valence-electron chi connectivity index (χ1n) is 8.20. The van der Waals surface area contributed by atoms with Gasteiger partial charge in [0.1, 0.15) is 6.04 Å². The minimum atomic E-state index is -0.698. The molecule has 0 heterocycles. The van der Waals surface area contributed by atoms with Crippen molar-refractivity contribution < 1.29 is 9.59 Å². The third-order valence-electron chi connectivity index (χ3n) is 3.55. The molecular formula is C19H23N3O2S. The van der Waals surface area contributed by atoms with Gasteiger partial charge in [0.2, 0.25) is 5.91 Å². The Hall–Kier alpha value is -2.47. The third kappa shape index (κ3) is 7.30. The number of primary amides is 1. The van der Waals surface area contributed by atoms with Crippen molar-refractivity contribution >= 4 is 23.7 Å². The molecule has 0 spiro atoms. The molecule has 6 heteroatoms. The second-order valence-electron chi connectivity index (χ2n) is 5.56. The summed E-state index contributed by atoms with van der Waals surface area (Å²) in [7, 11) is 0. The Morgan fingerprint density at radius 1 is 1.00 bits per heavy atom. The Morgan fingerprint density at radius 3 is 2.28 bits per heavy atom. The maximum absolute atomic E-state index is 12.3. The van der Waals surface area contributed by atoms with Gasteiger partial charge in [-0.2, -0.15) is 0 Å². The Balaban J connectivity index is 1.75. The second kappa shape index (κ2) is 10.4. The van der Waals surface area contributed by atoms with E-state index in [1.54, 1.807) is 11.8 Å². The van der Waals surface area contributed by atoms with E-state index in [0.717, 1.165) is 17.7 Å². The van der Waals surface area contributed by atoms with Crippen LogP contribution in [0.3, 0.4) is 0 Å². The van der Waals surface area contributed by atoms with Crippen LogP contribution in [0.2, 0.25) is 0 Å². The third-order valence-corrected chi connectivity index (χ3v) is 4.65. The summed E-state index contributed by atoms with van der Waals surface area (Å²) in [6, 6.07) is 18.3. The van der Waals surface area contributed by atoms with Crippen LogP contribution in [0.15, 0.2) is 65.6 Å².